The highest BCUT2D eigenvalue weighted by atomic mass is 35.5. The van der Waals surface area contributed by atoms with Crippen LogP contribution in [0.25, 0.3) is 10.2 Å². The molecule has 2 aromatic carbocycles. The van der Waals surface area contributed by atoms with Gasteiger partial charge in [0.15, 0.2) is 4.34 Å². The molecule has 33 heavy (non-hydrogen) atoms. The number of halogens is 1. The molecule has 0 saturated carbocycles. The fraction of sp³-hybridized carbons (Fsp3) is 0.391. The van der Waals surface area contributed by atoms with E-state index in [0.717, 1.165) is 20.1 Å². The van der Waals surface area contributed by atoms with Gasteiger partial charge in [0.1, 0.15) is 6.17 Å². The fourth-order valence-electron chi connectivity index (χ4n) is 4.13. The van der Waals surface area contributed by atoms with E-state index in [1.165, 1.54) is 27.4 Å². The van der Waals surface area contributed by atoms with Gasteiger partial charge in [-0.15, -0.1) is 11.3 Å². The summed E-state index contributed by atoms with van der Waals surface area (Å²) in [6.07, 6.45) is -0.534. The van der Waals surface area contributed by atoms with Gasteiger partial charge in [-0.2, -0.15) is 4.31 Å². The van der Waals surface area contributed by atoms with Crippen LogP contribution in [0.3, 0.4) is 0 Å². The van der Waals surface area contributed by atoms with Crippen LogP contribution in [0.4, 0.5) is 0 Å². The molecule has 6 nitrogen and oxygen atoms in total. The van der Waals surface area contributed by atoms with Crippen LogP contribution < -0.4 is 0 Å². The number of hydrogen-bond acceptors (Lipinski definition) is 6. The molecule has 0 N–H and O–H groups in total. The van der Waals surface area contributed by atoms with Crippen LogP contribution in [-0.4, -0.2) is 53.0 Å². The molecule has 1 aromatic heterocycles. The number of fused-ring (bicyclic) bond motifs is 1. The quantitative estimate of drug-likeness (QED) is 0.412. The summed E-state index contributed by atoms with van der Waals surface area (Å²) in [6, 6.07) is 12.2. The predicted molar refractivity (Wildman–Crippen MR) is 135 cm³/mol. The first-order valence-electron chi connectivity index (χ1n) is 10.7. The summed E-state index contributed by atoms with van der Waals surface area (Å²) in [5, 5.41) is 0.626. The summed E-state index contributed by atoms with van der Waals surface area (Å²) in [7, 11) is -3.73. The van der Waals surface area contributed by atoms with E-state index in [1.807, 2.05) is 45.9 Å². The van der Waals surface area contributed by atoms with Gasteiger partial charge in [-0.25, -0.2) is 13.4 Å². The Morgan fingerprint density at radius 1 is 1.24 bits per heavy atom. The molecule has 2 atom stereocenters. The van der Waals surface area contributed by atoms with Crippen molar-refractivity contribution in [3.63, 3.8) is 0 Å². The number of thioether (sulfide) groups is 1. The third-order valence-electron chi connectivity index (χ3n) is 5.66. The van der Waals surface area contributed by atoms with Crippen LogP contribution in [0.2, 0.25) is 5.02 Å². The molecule has 176 valence electrons. The van der Waals surface area contributed by atoms with Crippen molar-refractivity contribution in [2.75, 3.05) is 12.3 Å². The second kappa shape index (κ2) is 9.54. The molecule has 1 saturated heterocycles. The van der Waals surface area contributed by atoms with Crippen molar-refractivity contribution in [3.05, 3.63) is 53.1 Å². The van der Waals surface area contributed by atoms with Gasteiger partial charge >= 0.3 is 0 Å². The van der Waals surface area contributed by atoms with E-state index < -0.39 is 16.2 Å². The van der Waals surface area contributed by atoms with E-state index in [4.69, 9.17) is 11.6 Å². The Morgan fingerprint density at radius 3 is 2.61 bits per heavy atom. The highest BCUT2D eigenvalue weighted by Gasteiger charge is 2.47. The average molecular weight is 524 g/mol. The molecule has 1 aliphatic rings. The van der Waals surface area contributed by atoms with E-state index in [2.05, 4.69) is 4.98 Å². The molecule has 3 aromatic rings. The summed E-state index contributed by atoms with van der Waals surface area (Å²) in [5.41, 5.74) is 1.81. The van der Waals surface area contributed by atoms with Crippen LogP contribution in [0.5, 0.6) is 0 Å². The van der Waals surface area contributed by atoms with E-state index >= 15 is 0 Å². The molecule has 0 unspecified atom stereocenters. The number of nitrogens with zero attached hydrogens (tertiary/aromatic N) is 3. The number of thiazole rings is 1. The molecule has 2 heterocycles. The maximum absolute atomic E-state index is 13.4. The zero-order chi connectivity index (χ0) is 23.9. The lowest BCUT2D eigenvalue weighted by Gasteiger charge is -2.33. The molecule has 1 fully saturated rings. The first-order valence-corrected chi connectivity index (χ1v) is 14.3. The largest absolute Gasteiger partial charge is 0.321 e. The van der Waals surface area contributed by atoms with E-state index in [9.17, 15) is 13.2 Å². The lowest BCUT2D eigenvalue weighted by atomic mass is 10.1. The van der Waals surface area contributed by atoms with Crippen LogP contribution in [0.15, 0.2) is 51.7 Å². The van der Waals surface area contributed by atoms with Gasteiger partial charge < -0.3 is 4.90 Å². The molecule has 10 heteroatoms. The first kappa shape index (κ1) is 24.5. The fourth-order valence-corrected chi connectivity index (χ4v) is 8.00. The van der Waals surface area contributed by atoms with Crippen LogP contribution in [-0.2, 0) is 14.8 Å². The number of carbonyl (C=O) groups excluding carboxylic acids is 1. The number of benzene rings is 2. The minimum atomic E-state index is -3.73. The lowest BCUT2D eigenvalue weighted by Crippen LogP contribution is -2.49. The van der Waals surface area contributed by atoms with Gasteiger partial charge in [-0.05, 0) is 50.1 Å². The summed E-state index contributed by atoms with van der Waals surface area (Å²) in [6.45, 7) is 8.00. The zero-order valence-corrected chi connectivity index (χ0v) is 22.1. The van der Waals surface area contributed by atoms with Crippen LogP contribution in [0.1, 0.15) is 26.3 Å². The topological polar surface area (TPSA) is 70.6 Å². The maximum Gasteiger partial charge on any atom is 0.244 e. The Balaban J connectivity index is 1.54. The Labute approximate surface area is 208 Å². The van der Waals surface area contributed by atoms with Gasteiger partial charge in [-0.3, -0.25) is 4.79 Å². The minimum absolute atomic E-state index is 0.0614. The molecular weight excluding hydrogens is 498 g/mol. The number of aromatic nitrogens is 1. The molecule has 1 amide bonds. The minimum Gasteiger partial charge on any atom is -0.321 e. The van der Waals surface area contributed by atoms with Crippen LogP contribution >= 0.6 is 34.7 Å². The normalized spacial score (nSPS) is 19.6. The maximum atomic E-state index is 13.4. The zero-order valence-electron chi connectivity index (χ0n) is 18.9. The van der Waals surface area contributed by atoms with Crippen molar-refractivity contribution in [1.29, 1.82) is 0 Å². The van der Waals surface area contributed by atoms with Gasteiger partial charge in [0.25, 0.3) is 0 Å². The molecule has 0 aliphatic carbocycles. The number of hydrogen-bond donors (Lipinski definition) is 0. The third-order valence-corrected chi connectivity index (χ3v) is 9.91. The van der Waals surface area contributed by atoms with Crippen molar-refractivity contribution >= 4 is 60.8 Å². The van der Waals surface area contributed by atoms with E-state index in [0.29, 0.717) is 5.02 Å². The van der Waals surface area contributed by atoms with Gasteiger partial charge in [0.05, 0.1) is 20.9 Å². The smallest absolute Gasteiger partial charge is 0.244 e. The average Bonchev–Trinajstić information content (AvgIpc) is 3.33. The molecule has 4 rings (SSSR count). The molecule has 0 spiro atoms. The van der Waals surface area contributed by atoms with E-state index in [1.54, 1.807) is 29.2 Å². The summed E-state index contributed by atoms with van der Waals surface area (Å²) in [5.74, 6) is 0.0401. The highest BCUT2D eigenvalue weighted by molar-refractivity contribution is 8.01. The third kappa shape index (κ3) is 4.93. The molecule has 1 aliphatic heterocycles. The van der Waals surface area contributed by atoms with Crippen LogP contribution in [0, 0.1) is 12.8 Å². The Bertz CT molecular complexity index is 1280. The SMILES string of the molecule is Cc1ccc(S(=O)(=O)N2C[C@H](C)N(C(=O)CSc3nc4cc(Cl)ccc4s3)[C@H]2C(C)C)cc1. The highest BCUT2D eigenvalue weighted by Crippen LogP contribution is 2.35. The Hall–Kier alpha value is -1.65. The van der Waals surface area contributed by atoms with Crippen molar-refractivity contribution < 1.29 is 13.2 Å². The molecular formula is C23H26ClN3O3S3. The molecule has 0 bridgehead atoms. The van der Waals surface area contributed by atoms with Gasteiger partial charge in [-0.1, -0.05) is 54.9 Å². The summed E-state index contributed by atoms with van der Waals surface area (Å²) >= 11 is 8.94. The van der Waals surface area contributed by atoms with Gasteiger partial charge in [0.2, 0.25) is 15.9 Å². The number of amides is 1. The molecule has 0 radical (unpaired) electrons. The Morgan fingerprint density at radius 2 is 1.94 bits per heavy atom. The first-order chi connectivity index (χ1) is 15.6. The summed E-state index contributed by atoms with van der Waals surface area (Å²) in [4.78, 5) is 19.9. The summed E-state index contributed by atoms with van der Waals surface area (Å²) < 4.78 is 30.2. The van der Waals surface area contributed by atoms with Crippen molar-refractivity contribution in [3.8, 4) is 0 Å². The number of carbonyl (C=O) groups is 1. The van der Waals surface area contributed by atoms with Gasteiger partial charge in [0, 0.05) is 17.6 Å². The number of sulfonamides is 1. The lowest BCUT2D eigenvalue weighted by molar-refractivity contribution is -0.132. The number of rotatable bonds is 6. The second-order valence-electron chi connectivity index (χ2n) is 8.58. The van der Waals surface area contributed by atoms with Crippen molar-refractivity contribution in [2.45, 2.75) is 49.1 Å². The van der Waals surface area contributed by atoms with Crippen molar-refractivity contribution in [1.82, 2.24) is 14.2 Å². The van der Waals surface area contributed by atoms with E-state index in [-0.39, 0.29) is 35.1 Å². The predicted octanol–water partition coefficient (Wildman–Crippen LogP) is 5.25. The monoisotopic (exact) mass is 523 g/mol. The Kier molecular flexibility index (Phi) is 7.08. The van der Waals surface area contributed by atoms with Crippen molar-refractivity contribution in [2.24, 2.45) is 5.92 Å². The number of aryl methyl sites for hydroxylation is 1. The standard InChI is InChI=1S/C23H26ClN3O3S3/c1-14(2)22-26(33(29,30)18-8-5-15(3)6-9-18)12-16(4)27(22)21(28)13-31-23-25-19-11-17(24)7-10-20(19)32-23/h5-11,14,16,22H,12-13H2,1-4H3/t16-,22-/m0/s1. The second-order valence-corrected chi connectivity index (χ2v) is 13.2.